The number of nitrogens with one attached hydrogen (secondary N) is 1. The summed E-state index contributed by atoms with van der Waals surface area (Å²) in [5, 5.41) is 0. The van der Waals surface area contributed by atoms with Gasteiger partial charge in [0.05, 0.1) is 0 Å². The second kappa shape index (κ2) is 7.39. The first-order chi connectivity index (χ1) is 8.58. The molecule has 0 saturated carbocycles. The third kappa shape index (κ3) is 4.31. The first kappa shape index (κ1) is 15.0. The molecule has 18 heavy (non-hydrogen) atoms. The zero-order chi connectivity index (χ0) is 13.5. The Kier molecular flexibility index (Phi) is 6.16. The van der Waals surface area contributed by atoms with Crippen molar-refractivity contribution in [1.29, 1.82) is 0 Å². The van der Waals surface area contributed by atoms with E-state index in [1.54, 1.807) is 0 Å². The van der Waals surface area contributed by atoms with E-state index >= 15 is 0 Å². The normalized spacial score (nSPS) is 14.3. The monoisotopic (exact) mass is 249 g/mol. The maximum absolute atomic E-state index is 5.71. The van der Waals surface area contributed by atoms with Crippen LogP contribution >= 0.6 is 0 Å². The first-order valence-electron chi connectivity index (χ1n) is 6.81. The van der Waals surface area contributed by atoms with Crippen LogP contribution in [0.2, 0.25) is 0 Å². The van der Waals surface area contributed by atoms with E-state index in [-0.39, 0.29) is 6.04 Å². The molecular weight excluding hydrogens is 222 g/mol. The van der Waals surface area contributed by atoms with E-state index in [0.29, 0.717) is 5.92 Å². The summed E-state index contributed by atoms with van der Waals surface area (Å²) >= 11 is 0. The standard InChI is InChI=1S/C15H27N3/c1-5-7-12(2)10-15(17-16)13-8-6-9-14(11-13)18(3)4/h6,8-9,11-12,15,17H,5,7,10,16H2,1-4H3. The van der Waals surface area contributed by atoms with Gasteiger partial charge in [-0.1, -0.05) is 38.8 Å². The summed E-state index contributed by atoms with van der Waals surface area (Å²) < 4.78 is 0. The van der Waals surface area contributed by atoms with Crippen LogP contribution in [0.25, 0.3) is 0 Å². The Balaban J connectivity index is 2.78. The molecule has 3 N–H and O–H groups in total. The highest BCUT2D eigenvalue weighted by Crippen LogP contribution is 2.25. The summed E-state index contributed by atoms with van der Waals surface area (Å²) in [7, 11) is 4.12. The summed E-state index contributed by atoms with van der Waals surface area (Å²) in [6.45, 7) is 4.53. The van der Waals surface area contributed by atoms with Crippen LogP contribution in [0.4, 0.5) is 5.69 Å². The summed E-state index contributed by atoms with van der Waals surface area (Å²) in [5.41, 5.74) is 5.44. The van der Waals surface area contributed by atoms with Gasteiger partial charge in [0.15, 0.2) is 0 Å². The topological polar surface area (TPSA) is 41.3 Å². The molecule has 2 atom stereocenters. The predicted molar refractivity (Wildman–Crippen MR) is 79.5 cm³/mol. The Morgan fingerprint density at radius 3 is 2.61 bits per heavy atom. The lowest BCUT2D eigenvalue weighted by molar-refractivity contribution is 0.394. The zero-order valence-electron chi connectivity index (χ0n) is 12.1. The first-order valence-corrected chi connectivity index (χ1v) is 6.81. The number of nitrogens with zero attached hydrogens (tertiary/aromatic N) is 1. The van der Waals surface area contributed by atoms with Crippen LogP contribution in [0.5, 0.6) is 0 Å². The van der Waals surface area contributed by atoms with E-state index in [2.05, 4.69) is 62.5 Å². The van der Waals surface area contributed by atoms with Crippen LogP contribution in [0.3, 0.4) is 0 Å². The molecule has 1 aromatic rings. The lowest BCUT2D eigenvalue weighted by Crippen LogP contribution is -2.29. The Labute approximate surface area is 111 Å². The summed E-state index contributed by atoms with van der Waals surface area (Å²) in [6.07, 6.45) is 3.57. The van der Waals surface area contributed by atoms with Gasteiger partial charge in [0.2, 0.25) is 0 Å². The van der Waals surface area contributed by atoms with E-state index in [4.69, 9.17) is 5.84 Å². The molecule has 0 aliphatic heterocycles. The fraction of sp³-hybridized carbons (Fsp3) is 0.600. The number of anilines is 1. The van der Waals surface area contributed by atoms with Gasteiger partial charge in [0.1, 0.15) is 0 Å². The van der Waals surface area contributed by atoms with Gasteiger partial charge < -0.3 is 4.90 Å². The quantitative estimate of drug-likeness (QED) is 0.576. The molecule has 0 aromatic heterocycles. The lowest BCUT2D eigenvalue weighted by atomic mass is 9.93. The van der Waals surface area contributed by atoms with Crippen LogP contribution in [-0.2, 0) is 0 Å². The molecule has 0 radical (unpaired) electrons. The molecule has 0 aliphatic rings. The number of hydrazine groups is 1. The number of hydrogen-bond donors (Lipinski definition) is 2. The zero-order valence-corrected chi connectivity index (χ0v) is 12.1. The smallest absolute Gasteiger partial charge is 0.0463 e. The predicted octanol–water partition coefficient (Wildman–Crippen LogP) is 3.08. The van der Waals surface area contributed by atoms with Gasteiger partial charge in [-0.3, -0.25) is 11.3 Å². The number of benzene rings is 1. The molecule has 3 heteroatoms. The van der Waals surface area contributed by atoms with Crippen molar-refractivity contribution in [2.24, 2.45) is 11.8 Å². The maximum Gasteiger partial charge on any atom is 0.0463 e. The fourth-order valence-electron chi connectivity index (χ4n) is 2.33. The van der Waals surface area contributed by atoms with Gasteiger partial charge in [-0.05, 0) is 30.0 Å². The van der Waals surface area contributed by atoms with Gasteiger partial charge in [0, 0.05) is 25.8 Å². The fourth-order valence-corrected chi connectivity index (χ4v) is 2.33. The van der Waals surface area contributed by atoms with Crippen LogP contribution < -0.4 is 16.2 Å². The number of rotatable bonds is 7. The highest BCUT2D eigenvalue weighted by molar-refractivity contribution is 5.47. The molecule has 0 bridgehead atoms. The van der Waals surface area contributed by atoms with Gasteiger partial charge in [-0.15, -0.1) is 0 Å². The molecule has 0 aliphatic carbocycles. The molecule has 2 unspecified atom stereocenters. The Bertz CT molecular complexity index is 349. The van der Waals surface area contributed by atoms with Crippen molar-refractivity contribution in [3.8, 4) is 0 Å². The minimum Gasteiger partial charge on any atom is -0.378 e. The van der Waals surface area contributed by atoms with Crippen molar-refractivity contribution in [3.63, 3.8) is 0 Å². The molecule has 0 saturated heterocycles. The SMILES string of the molecule is CCCC(C)CC(NN)c1cccc(N(C)C)c1. The van der Waals surface area contributed by atoms with Crippen molar-refractivity contribution in [2.75, 3.05) is 19.0 Å². The van der Waals surface area contributed by atoms with Gasteiger partial charge in [-0.2, -0.15) is 0 Å². The lowest BCUT2D eigenvalue weighted by Gasteiger charge is -2.22. The van der Waals surface area contributed by atoms with E-state index in [1.165, 1.54) is 24.1 Å². The van der Waals surface area contributed by atoms with Crippen molar-refractivity contribution in [3.05, 3.63) is 29.8 Å². The molecule has 0 spiro atoms. The van der Waals surface area contributed by atoms with Crippen LogP contribution in [0, 0.1) is 5.92 Å². The van der Waals surface area contributed by atoms with E-state index in [9.17, 15) is 0 Å². The van der Waals surface area contributed by atoms with Gasteiger partial charge in [0.25, 0.3) is 0 Å². The number of hydrogen-bond acceptors (Lipinski definition) is 3. The molecule has 0 heterocycles. The molecule has 3 nitrogen and oxygen atoms in total. The van der Waals surface area contributed by atoms with E-state index < -0.39 is 0 Å². The molecule has 0 amide bonds. The van der Waals surface area contributed by atoms with Gasteiger partial charge in [-0.25, -0.2) is 0 Å². The third-order valence-electron chi connectivity index (χ3n) is 3.41. The Hall–Kier alpha value is -1.06. The third-order valence-corrected chi connectivity index (χ3v) is 3.41. The second-order valence-electron chi connectivity index (χ2n) is 5.34. The average Bonchev–Trinajstić information content (AvgIpc) is 2.36. The summed E-state index contributed by atoms with van der Waals surface area (Å²) in [4.78, 5) is 2.12. The maximum atomic E-state index is 5.71. The highest BCUT2D eigenvalue weighted by atomic mass is 15.2. The minimum atomic E-state index is 0.242. The molecular formula is C15H27N3. The van der Waals surface area contributed by atoms with Gasteiger partial charge >= 0.3 is 0 Å². The molecule has 1 aromatic carbocycles. The van der Waals surface area contributed by atoms with E-state index in [0.717, 1.165) is 6.42 Å². The second-order valence-corrected chi connectivity index (χ2v) is 5.34. The summed E-state index contributed by atoms with van der Waals surface area (Å²) in [6, 6.07) is 8.82. The van der Waals surface area contributed by atoms with Crippen LogP contribution in [-0.4, -0.2) is 14.1 Å². The largest absolute Gasteiger partial charge is 0.378 e. The average molecular weight is 249 g/mol. The Morgan fingerprint density at radius 1 is 1.33 bits per heavy atom. The minimum absolute atomic E-state index is 0.242. The van der Waals surface area contributed by atoms with Crippen molar-refractivity contribution in [2.45, 2.75) is 39.2 Å². The van der Waals surface area contributed by atoms with Crippen molar-refractivity contribution >= 4 is 5.69 Å². The Morgan fingerprint density at radius 2 is 2.06 bits per heavy atom. The summed E-state index contributed by atoms with van der Waals surface area (Å²) in [5.74, 6) is 6.41. The van der Waals surface area contributed by atoms with Crippen molar-refractivity contribution < 1.29 is 0 Å². The van der Waals surface area contributed by atoms with E-state index in [1.807, 2.05) is 0 Å². The van der Waals surface area contributed by atoms with Crippen LogP contribution in [0.15, 0.2) is 24.3 Å². The van der Waals surface area contributed by atoms with Crippen LogP contribution in [0.1, 0.15) is 44.7 Å². The molecule has 1 rings (SSSR count). The number of nitrogens with two attached hydrogens (primary N) is 1. The highest BCUT2D eigenvalue weighted by Gasteiger charge is 2.14. The molecule has 0 fully saturated rings. The molecule has 102 valence electrons. The van der Waals surface area contributed by atoms with Crippen molar-refractivity contribution in [1.82, 2.24) is 5.43 Å².